The van der Waals surface area contributed by atoms with Crippen molar-refractivity contribution in [3.8, 4) is 0 Å². The van der Waals surface area contributed by atoms with Crippen LogP contribution in [-0.2, 0) is 0 Å². The van der Waals surface area contributed by atoms with E-state index in [1.54, 1.807) is 5.57 Å². The van der Waals surface area contributed by atoms with Gasteiger partial charge in [0.2, 0.25) is 0 Å². The van der Waals surface area contributed by atoms with Gasteiger partial charge in [-0.2, -0.15) is 0 Å². The second kappa shape index (κ2) is 3.60. The van der Waals surface area contributed by atoms with E-state index in [9.17, 15) is 0 Å². The molecule has 0 aliphatic heterocycles. The second-order valence-corrected chi connectivity index (χ2v) is 3.03. The second-order valence-electron chi connectivity index (χ2n) is 3.03. The zero-order valence-corrected chi connectivity index (χ0v) is 6.93. The van der Waals surface area contributed by atoms with Crippen LogP contribution < -0.4 is 0 Å². The van der Waals surface area contributed by atoms with Crippen LogP contribution >= 0.6 is 0 Å². The molecular weight excluding hydrogens is 120 g/mol. The van der Waals surface area contributed by atoms with Crippen molar-refractivity contribution in [3.63, 3.8) is 0 Å². The van der Waals surface area contributed by atoms with Crippen molar-refractivity contribution in [2.24, 2.45) is 5.92 Å². The minimum atomic E-state index is 0.781. The lowest BCUT2D eigenvalue weighted by atomic mass is 9.98. The average molecular weight is 136 g/mol. The molecule has 1 unspecified atom stereocenters. The molecule has 10 heavy (non-hydrogen) atoms. The molecule has 1 aliphatic rings. The highest BCUT2D eigenvalue weighted by Crippen LogP contribution is 2.21. The highest BCUT2D eigenvalue weighted by molar-refractivity contribution is 5.27. The van der Waals surface area contributed by atoms with E-state index in [1.807, 2.05) is 0 Å². The molecule has 0 aromatic carbocycles. The summed E-state index contributed by atoms with van der Waals surface area (Å²) in [5, 5.41) is 0. The molecule has 0 radical (unpaired) electrons. The smallest absolute Gasteiger partial charge is 0.0160 e. The Hall–Kier alpha value is -0.520. The van der Waals surface area contributed by atoms with E-state index < -0.39 is 0 Å². The highest BCUT2D eigenvalue weighted by atomic mass is 14.1. The molecule has 1 atom stereocenters. The topological polar surface area (TPSA) is 0 Å². The van der Waals surface area contributed by atoms with Crippen LogP contribution in [0, 0.1) is 5.92 Å². The molecule has 0 spiro atoms. The molecule has 56 valence electrons. The molecule has 0 fully saturated rings. The number of hydrogen-bond acceptors (Lipinski definition) is 0. The van der Waals surface area contributed by atoms with Gasteiger partial charge in [0.15, 0.2) is 0 Å². The van der Waals surface area contributed by atoms with Crippen molar-refractivity contribution in [2.75, 3.05) is 0 Å². The maximum absolute atomic E-state index is 2.33. The van der Waals surface area contributed by atoms with Crippen LogP contribution in [0.2, 0.25) is 0 Å². The molecular formula is C10H16. The normalized spacial score (nSPS) is 19.2. The van der Waals surface area contributed by atoms with E-state index in [2.05, 4.69) is 32.1 Å². The predicted molar refractivity (Wildman–Crippen MR) is 45.9 cm³/mol. The van der Waals surface area contributed by atoms with Crippen LogP contribution in [0.5, 0.6) is 0 Å². The molecule has 0 N–H and O–H groups in total. The summed E-state index contributed by atoms with van der Waals surface area (Å²) < 4.78 is 0. The third kappa shape index (κ3) is 1.73. The Morgan fingerprint density at radius 1 is 1.60 bits per heavy atom. The fraction of sp³-hybridized carbons (Fsp3) is 0.600. The van der Waals surface area contributed by atoms with Gasteiger partial charge in [-0.1, -0.05) is 38.5 Å². The van der Waals surface area contributed by atoms with Gasteiger partial charge in [-0.05, 0) is 24.3 Å². The summed E-state index contributed by atoms with van der Waals surface area (Å²) in [6.07, 6.45) is 10.6. The zero-order valence-electron chi connectivity index (χ0n) is 6.93. The fourth-order valence-electron chi connectivity index (χ4n) is 1.44. The van der Waals surface area contributed by atoms with Gasteiger partial charge in [0.25, 0.3) is 0 Å². The molecule has 0 heterocycles. The third-order valence-corrected chi connectivity index (χ3v) is 2.09. The van der Waals surface area contributed by atoms with Gasteiger partial charge in [-0.25, -0.2) is 0 Å². The summed E-state index contributed by atoms with van der Waals surface area (Å²) in [5.74, 6) is 0.781. The van der Waals surface area contributed by atoms with Gasteiger partial charge >= 0.3 is 0 Å². The van der Waals surface area contributed by atoms with Crippen molar-refractivity contribution < 1.29 is 0 Å². The molecule has 0 aromatic rings. The maximum Gasteiger partial charge on any atom is -0.0160 e. The first-order valence-corrected chi connectivity index (χ1v) is 4.21. The molecule has 0 nitrogen and oxygen atoms in total. The molecule has 0 heteroatoms. The first-order chi connectivity index (χ1) is 4.84. The quantitative estimate of drug-likeness (QED) is 0.558. The Morgan fingerprint density at radius 2 is 2.40 bits per heavy atom. The van der Waals surface area contributed by atoms with Gasteiger partial charge in [0.1, 0.15) is 0 Å². The standard InChI is InChI=1S/C10H16/c1-3-6-9(2)10-7-4-5-8-10/h4,7-9H,3,5-6H2,1-2H3. The van der Waals surface area contributed by atoms with Crippen molar-refractivity contribution in [1.82, 2.24) is 0 Å². The SMILES string of the molecule is CCCC(C)C1=CCC=C1. The first-order valence-electron chi connectivity index (χ1n) is 4.21. The first kappa shape index (κ1) is 7.59. The number of allylic oxidation sites excluding steroid dienone is 4. The Kier molecular flexibility index (Phi) is 2.73. The summed E-state index contributed by atoms with van der Waals surface area (Å²) in [6, 6.07) is 0. The summed E-state index contributed by atoms with van der Waals surface area (Å²) >= 11 is 0. The van der Waals surface area contributed by atoms with E-state index in [4.69, 9.17) is 0 Å². The van der Waals surface area contributed by atoms with E-state index in [1.165, 1.54) is 12.8 Å². The van der Waals surface area contributed by atoms with E-state index in [0.717, 1.165) is 12.3 Å². The largest absolute Gasteiger partial charge is 0.0805 e. The molecule has 0 saturated heterocycles. The van der Waals surface area contributed by atoms with Gasteiger partial charge in [-0.3, -0.25) is 0 Å². The monoisotopic (exact) mass is 136 g/mol. The predicted octanol–water partition coefficient (Wildman–Crippen LogP) is 3.31. The van der Waals surface area contributed by atoms with Crippen LogP contribution in [0.4, 0.5) is 0 Å². The summed E-state index contributed by atoms with van der Waals surface area (Å²) in [6.45, 7) is 4.56. The van der Waals surface area contributed by atoms with Crippen molar-refractivity contribution in [2.45, 2.75) is 33.1 Å². The molecule has 1 aliphatic carbocycles. The minimum absolute atomic E-state index is 0.781. The fourth-order valence-corrected chi connectivity index (χ4v) is 1.44. The lowest BCUT2D eigenvalue weighted by molar-refractivity contribution is 0.613. The number of rotatable bonds is 3. The van der Waals surface area contributed by atoms with E-state index in [-0.39, 0.29) is 0 Å². The van der Waals surface area contributed by atoms with Crippen LogP contribution in [0.3, 0.4) is 0 Å². The summed E-state index contributed by atoms with van der Waals surface area (Å²) in [5.41, 5.74) is 1.54. The van der Waals surface area contributed by atoms with E-state index in [0.29, 0.717) is 0 Å². The maximum atomic E-state index is 2.33. The Morgan fingerprint density at radius 3 is 2.90 bits per heavy atom. The van der Waals surface area contributed by atoms with Crippen molar-refractivity contribution >= 4 is 0 Å². The Labute approximate surface area is 63.6 Å². The Bertz CT molecular complexity index is 151. The van der Waals surface area contributed by atoms with Crippen LogP contribution in [0.1, 0.15) is 33.1 Å². The van der Waals surface area contributed by atoms with Crippen molar-refractivity contribution in [1.29, 1.82) is 0 Å². The van der Waals surface area contributed by atoms with Crippen molar-refractivity contribution in [3.05, 3.63) is 23.8 Å². The van der Waals surface area contributed by atoms with Crippen LogP contribution in [0.15, 0.2) is 23.8 Å². The van der Waals surface area contributed by atoms with Crippen LogP contribution in [-0.4, -0.2) is 0 Å². The lowest BCUT2D eigenvalue weighted by Crippen LogP contribution is -1.94. The average Bonchev–Trinajstić information content (AvgIpc) is 2.38. The lowest BCUT2D eigenvalue weighted by Gasteiger charge is -2.08. The number of hydrogen-bond donors (Lipinski definition) is 0. The molecule has 0 bridgehead atoms. The molecule has 0 aromatic heterocycles. The van der Waals surface area contributed by atoms with Gasteiger partial charge in [-0.15, -0.1) is 0 Å². The van der Waals surface area contributed by atoms with Crippen LogP contribution in [0.25, 0.3) is 0 Å². The molecule has 0 saturated carbocycles. The van der Waals surface area contributed by atoms with Gasteiger partial charge in [0, 0.05) is 0 Å². The zero-order chi connectivity index (χ0) is 7.40. The minimum Gasteiger partial charge on any atom is -0.0805 e. The molecule has 0 amide bonds. The van der Waals surface area contributed by atoms with Gasteiger partial charge < -0.3 is 0 Å². The summed E-state index contributed by atoms with van der Waals surface area (Å²) in [4.78, 5) is 0. The van der Waals surface area contributed by atoms with Gasteiger partial charge in [0.05, 0.1) is 0 Å². The third-order valence-electron chi connectivity index (χ3n) is 2.09. The summed E-state index contributed by atoms with van der Waals surface area (Å²) in [7, 11) is 0. The Balaban J connectivity index is 2.40. The highest BCUT2D eigenvalue weighted by Gasteiger charge is 2.05. The van der Waals surface area contributed by atoms with E-state index >= 15 is 0 Å². The molecule has 1 rings (SSSR count).